The highest BCUT2D eigenvalue weighted by atomic mass is 16.4. The zero-order valence-corrected chi connectivity index (χ0v) is 12.0. The van der Waals surface area contributed by atoms with Crippen LogP contribution in [0.1, 0.15) is 38.5 Å². The number of carboxylic acids is 3. The number of amides is 1. The molecule has 0 bridgehead atoms. The first-order valence-corrected chi connectivity index (χ1v) is 6.99. The maximum atomic E-state index is 12.3. The van der Waals surface area contributed by atoms with Gasteiger partial charge in [-0.25, -0.2) is 0 Å². The molecule has 1 aliphatic carbocycles. The molecule has 9 heteroatoms. The molecule has 0 aromatic carbocycles. The third-order valence-electron chi connectivity index (χ3n) is 3.67. The van der Waals surface area contributed by atoms with Crippen molar-refractivity contribution in [3.63, 3.8) is 0 Å². The summed E-state index contributed by atoms with van der Waals surface area (Å²) < 4.78 is 0. The highest BCUT2D eigenvalue weighted by Crippen LogP contribution is 2.29. The summed E-state index contributed by atoms with van der Waals surface area (Å²) in [5, 5.41) is 31.4. The van der Waals surface area contributed by atoms with Gasteiger partial charge in [0.25, 0.3) is 0 Å². The van der Waals surface area contributed by atoms with Gasteiger partial charge in [0.1, 0.15) is 12.6 Å². The first-order chi connectivity index (χ1) is 10.3. The first kappa shape index (κ1) is 17.9. The van der Waals surface area contributed by atoms with Gasteiger partial charge in [0.2, 0.25) is 5.91 Å². The van der Waals surface area contributed by atoms with E-state index in [2.05, 4.69) is 10.6 Å². The lowest BCUT2D eigenvalue weighted by atomic mass is 9.80. The van der Waals surface area contributed by atoms with Crippen molar-refractivity contribution in [2.24, 2.45) is 0 Å². The molecule has 1 aliphatic rings. The van der Waals surface area contributed by atoms with Gasteiger partial charge < -0.3 is 20.6 Å². The fourth-order valence-corrected chi connectivity index (χ4v) is 2.63. The standard InChI is InChI=1S/C13H20N2O7/c16-9(17)6-8(11(20)21)15-13(4-2-1-3-5-13)12(22)14-7-10(18)19/h8,15H,1-7H2,(H,14,22)(H,16,17)(H,18,19)(H,20,21)/t8-/m0/s1. The lowest BCUT2D eigenvalue weighted by molar-refractivity contribution is -0.148. The van der Waals surface area contributed by atoms with E-state index in [9.17, 15) is 19.2 Å². The number of hydrogen-bond acceptors (Lipinski definition) is 5. The molecule has 0 aromatic rings. The van der Waals surface area contributed by atoms with E-state index in [1.54, 1.807) is 0 Å². The second kappa shape index (κ2) is 7.74. The summed E-state index contributed by atoms with van der Waals surface area (Å²) in [5.41, 5.74) is -1.24. The summed E-state index contributed by atoms with van der Waals surface area (Å²) in [4.78, 5) is 44.8. The quantitative estimate of drug-likeness (QED) is 0.398. The van der Waals surface area contributed by atoms with Crippen LogP contribution in [0, 0.1) is 0 Å². The minimum atomic E-state index is -1.41. The van der Waals surface area contributed by atoms with Gasteiger partial charge in [-0.3, -0.25) is 24.5 Å². The molecule has 1 amide bonds. The Kier molecular flexibility index (Phi) is 6.29. The Labute approximate surface area is 126 Å². The number of carbonyl (C=O) groups excluding carboxylic acids is 1. The number of nitrogens with one attached hydrogen (secondary N) is 2. The van der Waals surface area contributed by atoms with Gasteiger partial charge in [0, 0.05) is 0 Å². The summed E-state index contributed by atoms with van der Waals surface area (Å²) in [6.07, 6.45) is 2.24. The van der Waals surface area contributed by atoms with Crippen molar-refractivity contribution < 1.29 is 34.5 Å². The van der Waals surface area contributed by atoms with Crippen LogP contribution in [-0.4, -0.2) is 57.3 Å². The highest BCUT2D eigenvalue weighted by molar-refractivity contribution is 5.90. The zero-order valence-electron chi connectivity index (χ0n) is 12.0. The second-order valence-corrected chi connectivity index (χ2v) is 5.35. The van der Waals surface area contributed by atoms with Crippen molar-refractivity contribution in [1.82, 2.24) is 10.6 Å². The van der Waals surface area contributed by atoms with Gasteiger partial charge in [-0.05, 0) is 12.8 Å². The molecule has 1 saturated carbocycles. The third-order valence-corrected chi connectivity index (χ3v) is 3.67. The predicted molar refractivity (Wildman–Crippen MR) is 73.3 cm³/mol. The normalized spacial score (nSPS) is 18.2. The predicted octanol–water partition coefficient (Wildman–Crippen LogP) is -0.592. The summed E-state index contributed by atoms with van der Waals surface area (Å²) in [7, 11) is 0. The van der Waals surface area contributed by atoms with Gasteiger partial charge in [-0.1, -0.05) is 19.3 Å². The molecule has 124 valence electrons. The molecule has 5 N–H and O–H groups in total. The van der Waals surface area contributed by atoms with Crippen LogP contribution in [0.4, 0.5) is 0 Å². The number of carbonyl (C=O) groups is 4. The average Bonchev–Trinajstić information content (AvgIpc) is 2.44. The molecule has 22 heavy (non-hydrogen) atoms. The van der Waals surface area contributed by atoms with E-state index < -0.39 is 48.4 Å². The summed E-state index contributed by atoms with van der Waals surface area (Å²) >= 11 is 0. The van der Waals surface area contributed by atoms with Gasteiger partial charge >= 0.3 is 17.9 Å². The summed E-state index contributed by atoms with van der Waals surface area (Å²) in [5.74, 6) is -4.47. The molecule has 9 nitrogen and oxygen atoms in total. The minimum absolute atomic E-state index is 0.335. The number of aliphatic carboxylic acids is 3. The molecule has 0 heterocycles. The molecule has 0 aliphatic heterocycles. The Bertz CT molecular complexity index is 457. The van der Waals surface area contributed by atoms with Crippen molar-refractivity contribution in [2.75, 3.05) is 6.54 Å². The third kappa shape index (κ3) is 4.99. The fraction of sp³-hybridized carbons (Fsp3) is 0.692. The van der Waals surface area contributed by atoms with E-state index in [0.29, 0.717) is 25.7 Å². The Morgan fingerprint density at radius 3 is 2.00 bits per heavy atom. The summed E-state index contributed by atoms with van der Waals surface area (Å²) in [6, 6.07) is -1.41. The Morgan fingerprint density at radius 1 is 0.955 bits per heavy atom. The van der Waals surface area contributed by atoms with Crippen molar-refractivity contribution in [3.05, 3.63) is 0 Å². The van der Waals surface area contributed by atoms with E-state index in [4.69, 9.17) is 15.3 Å². The SMILES string of the molecule is O=C(O)CNC(=O)C1(N[C@@H](CC(=O)O)C(=O)O)CCCCC1. The van der Waals surface area contributed by atoms with E-state index in [1.807, 2.05) is 0 Å². The number of carboxylic acid groups (broad SMARTS) is 3. The lowest BCUT2D eigenvalue weighted by Gasteiger charge is -2.38. The molecule has 0 saturated heterocycles. The molecule has 1 atom stereocenters. The van der Waals surface area contributed by atoms with E-state index in [0.717, 1.165) is 6.42 Å². The van der Waals surface area contributed by atoms with E-state index >= 15 is 0 Å². The van der Waals surface area contributed by atoms with E-state index in [1.165, 1.54) is 0 Å². The van der Waals surface area contributed by atoms with E-state index in [-0.39, 0.29) is 0 Å². The fourth-order valence-electron chi connectivity index (χ4n) is 2.63. The smallest absolute Gasteiger partial charge is 0.322 e. The number of hydrogen-bond donors (Lipinski definition) is 5. The molecule has 1 rings (SSSR count). The largest absolute Gasteiger partial charge is 0.481 e. The molecule has 0 unspecified atom stereocenters. The maximum absolute atomic E-state index is 12.3. The van der Waals surface area contributed by atoms with Crippen LogP contribution in [0.25, 0.3) is 0 Å². The summed E-state index contributed by atoms with van der Waals surface area (Å²) in [6.45, 7) is -0.571. The first-order valence-electron chi connectivity index (χ1n) is 6.99. The molecule has 1 fully saturated rings. The van der Waals surface area contributed by atoms with Crippen molar-refractivity contribution in [3.8, 4) is 0 Å². The van der Waals surface area contributed by atoms with Crippen LogP contribution in [0.5, 0.6) is 0 Å². The Hall–Kier alpha value is -2.16. The molecular formula is C13H20N2O7. The van der Waals surface area contributed by atoms with Crippen LogP contribution >= 0.6 is 0 Å². The molecule has 0 aromatic heterocycles. The van der Waals surface area contributed by atoms with Crippen LogP contribution in [0.15, 0.2) is 0 Å². The van der Waals surface area contributed by atoms with Crippen LogP contribution in [0.2, 0.25) is 0 Å². The average molecular weight is 316 g/mol. The molecule has 0 spiro atoms. The van der Waals surface area contributed by atoms with Crippen LogP contribution in [-0.2, 0) is 19.2 Å². The van der Waals surface area contributed by atoms with Crippen molar-refractivity contribution in [1.29, 1.82) is 0 Å². The van der Waals surface area contributed by atoms with Crippen molar-refractivity contribution in [2.45, 2.75) is 50.1 Å². The molecular weight excluding hydrogens is 296 g/mol. The monoisotopic (exact) mass is 316 g/mol. The Balaban J connectivity index is 2.89. The van der Waals surface area contributed by atoms with Gasteiger partial charge in [-0.2, -0.15) is 0 Å². The van der Waals surface area contributed by atoms with Crippen LogP contribution < -0.4 is 10.6 Å². The Morgan fingerprint density at radius 2 is 1.55 bits per heavy atom. The minimum Gasteiger partial charge on any atom is -0.481 e. The topological polar surface area (TPSA) is 153 Å². The maximum Gasteiger partial charge on any atom is 0.322 e. The molecule has 0 radical (unpaired) electrons. The lowest BCUT2D eigenvalue weighted by Crippen LogP contribution is -2.62. The van der Waals surface area contributed by atoms with Gasteiger partial charge in [0.15, 0.2) is 0 Å². The second-order valence-electron chi connectivity index (χ2n) is 5.35. The highest BCUT2D eigenvalue weighted by Gasteiger charge is 2.42. The van der Waals surface area contributed by atoms with Crippen LogP contribution in [0.3, 0.4) is 0 Å². The van der Waals surface area contributed by atoms with Gasteiger partial charge in [0.05, 0.1) is 12.0 Å². The van der Waals surface area contributed by atoms with Crippen molar-refractivity contribution >= 4 is 23.8 Å². The zero-order chi connectivity index (χ0) is 16.8. The number of rotatable bonds is 8. The van der Waals surface area contributed by atoms with Gasteiger partial charge in [-0.15, -0.1) is 0 Å².